The van der Waals surface area contributed by atoms with Gasteiger partial charge in [-0.25, -0.2) is 9.58 Å². The predicted octanol–water partition coefficient (Wildman–Crippen LogP) is 3.12. The second-order valence-corrected chi connectivity index (χ2v) is 7.84. The molecule has 1 aliphatic heterocycles. The lowest BCUT2D eigenvalue weighted by atomic mass is 10.2. The van der Waals surface area contributed by atoms with E-state index in [2.05, 4.69) is 5.32 Å². The van der Waals surface area contributed by atoms with Crippen LogP contribution >= 0.6 is 23.6 Å². The van der Waals surface area contributed by atoms with E-state index in [9.17, 15) is 9.59 Å². The van der Waals surface area contributed by atoms with Gasteiger partial charge >= 0.3 is 0 Å². The third-order valence-electron chi connectivity index (χ3n) is 4.80. The first kappa shape index (κ1) is 18.4. The minimum atomic E-state index is -0.330. The molecule has 0 radical (unpaired) electrons. The molecule has 0 aliphatic carbocycles. The third kappa shape index (κ3) is 2.81. The number of carbonyl (C=O) groups is 1. The second-order valence-electron chi connectivity index (χ2n) is 6.51. The average molecular weight is 411 g/mol. The molecule has 142 valence electrons. The van der Waals surface area contributed by atoms with E-state index in [-0.39, 0.29) is 22.3 Å². The van der Waals surface area contributed by atoms with Crippen molar-refractivity contribution in [2.45, 2.75) is 13.8 Å². The van der Waals surface area contributed by atoms with Gasteiger partial charge in [0.05, 0.1) is 11.4 Å². The van der Waals surface area contributed by atoms with Gasteiger partial charge in [-0.3, -0.25) is 14.3 Å². The Balaban J connectivity index is 1.81. The number of nitrogens with zero attached hydrogens (tertiary/aromatic N) is 3. The summed E-state index contributed by atoms with van der Waals surface area (Å²) in [7, 11) is 1.79. The van der Waals surface area contributed by atoms with Crippen LogP contribution in [0.4, 0.5) is 5.69 Å². The summed E-state index contributed by atoms with van der Waals surface area (Å²) in [5.41, 5.74) is 2.79. The van der Waals surface area contributed by atoms with Gasteiger partial charge in [0.25, 0.3) is 11.5 Å². The number of carbonyl (C=O) groups excluding carboxylic acids is 1. The van der Waals surface area contributed by atoms with Crippen molar-refractivity contribution in [1.29, 1.82) is 0 Å². The number of thiophene rings is 1. The second kappa shape index (κ2) is 6.88. The Morgan fingerprint density at radius 2 is 1.82 bits per heavy atom. The number of thiocarbonyl (C=S) groups is 1. The van der Waals surface area contributed by atoms with Crippen molar-refractivity contribution in [3.8, 4) is 5.69 Å². The first-order valence-electron chi connectivity index (χ1n) is 8.65. The molecule has 6 nitrogen and oxygen atoms in total. The maximum atomic E-state index is 13.2. The quantitative estimate of drug-likeness (QED) is 0.532. The highest BCUT2D eigenvalue weighted by Crippen LogP contribution is 2.26. The van der Waals surface area contributed by atoms with Crippen LogP contribution in [0, 0.1) is 13.8 Å². The molecule has 0 bridgehead atoms. The molecule has 1 fully saturated rings. The number of rotatable bonds is 3. The van der Waals surface area contributed by atoms with Crippen LogP contribution in [0.3, 0.4) is 0 Å². The van der Waals surface area contributed by atoms with Crippen molar-refractivity contribution in [3.63, 3.8) is 0 Å². The van der Waals surface area contributed by atoms with Crippen molar-refractivity contribution in [1.82, 2.24) is 14.7 Å². The Bertz CT molecular complexity index is 1180. The highest BCUT2D eigenvalue weighted by Gasteiger charge is 2.36. The normalized spacial score (nSPS) is 15.5. The summed E-state index contributed by atoms with van der Waals surface area (Å²) < 4.78 is 3.26. The van der Waals surface area contributed by atoms with E-state index in [0.717, 1.165) is 16.1 Å². The largest absolute Gasteiger partial charge is 0.327 e. The minimum Gasteiger partial charge on any atom is -0.327 e. The van der Waals surface area contributed by atoms with Crippen LogP contribution < -0.4 is 15.8 Å². The molecule has 1 saturated heterocycles. The van der Waals surface area contributed by atoms with Gasteiger partial charge in [0.1, 0.15) is 11.4 Å². The number of hydrogen-bond acceptors (Lipinski definition) is 4. The van der Waals surface area contributed by atoms with E-state index < -0.39 is 0 Å². The molecule has 1 N–H and O–H groups in total. The fourth-order valence-electron chi connectivity index (χ4n) is 3.21. The van der Waals surface area contributed by atoms with Crippen molar-refractivity contribution in [2.24, 2.45) is 7.05 Å². The average Bonchev–Trinajstić information content (AvgIpc) is 3.27. The maximum absolute atomic E-state index is 13.2. The number of aromatic nitrogens is 2. The van der Waals surface area contributed by atoms with Crippen LogP contribution in [0.15, 0.2) is 52.3 Å². The van der Waals surface area contributed by atoms with E-state index in [0.29, 0.717) is 11.4 Å². The zero-order chi connectivity index (χ0) is 20.0. The minimum absolute atomic E-state index is 0.205. The number of nitrogens with one attached hydrogen (secondary N) is 1. The third-order valence-corrected chi connectivity index (χ3v) is 6.05. The monoisotopic (exact) mass is 410 g/mol. The van der Waals surface area contributed by atoms with Crippen LogP contribution in [0.25, 0.3) is 11.8 Å². The number of para-hydroxylation sites is 1. The standard InChI is InChI=1S/C20H18N4O2S2/c1-12-9-10-28-16(12)11-15-18(25)23(20(27)21-15)17-13(2)22(3)24(19(17)26)14-7-5-4-6-8-14/h4-11H,1-3H3,(H,21,27). The molecular formula is C20H18N4O2S2. The van der Waals surface area contributed by atoms with Crippen LogP contribution in [0.1, 0.15) is 16.1 Å². The first-order chi connectivity index (χ1) is 13.4. The molecule has 0 spiro atoms. The van der Waals surface area contributed by atoms with Gasteiger partial charge in [-0.1, -0.05) is 18.2 Å². The number of hydrogen-bond donors (Lipinski definition) is 1. The van der Waals surface area contributed by atoms with Crippen LogP contribution in [0.2, 0.25) is 0 Å². The fourth-order valence-corrected chi connectivity index (χ4v) is 4.36. The zero-order valence-electron chi connectivity index (χ0n) is 15.6. The molecule has 0 unspecified atom stereocenters. The first-order valence-corrected chi connectivity index (χ1v) is 9.94. The summed E-state index contributed by atoms with van der Waals surface area (Å²) >= 11 is 6.94. The van der Waals surface area contributed by atoms with E-state index >= 15 is 0 Å². The summed E-state index contributed by atoms with van der Waals surface area (Å²) in [6.07, 6.45) is 1.78. The van der Waals surface area contributed by atoms with E-state index in [1.54, 1.807) is 36.1 Å². The molecule has 0 atom stereocenters. The lowest BCUT2D eigenvalue weighted by Crippen LogP contribution is -2.35. The van der Waals surface area contributed by atoms with Crippen molar-refractivity contribution < 1.29 is 4.79 Å². The summed E-state index contributed by atoms with van der Waals surface area (Å²) in [5.74, 6) is -0.330. The van der Waals surface area contributed by atoms with Gasteiger partial charge in [0.15, 0.2) is 5.11 Å². The van der Waals surface area contributed by atoms with Gasteiger partial charge in [-0.2, -0.15) is 0 Å². The smallest absolute Gasteiger partial charge is 0.296 e. The molecule has 28 heavy (non-hydrogen) atoms. The molecule has 8 heteroatoms. The van der Waals surface area contributed by atoms with Crippen molar-refractivity contribution in [3.05, 3.63) is 74.0 Å². The molecule has 1 amide bonds. The Labute approximate surface area is 171 Å². The highest BCUT2D eigenvalue weighted by molar-refractivity contribution is 7.80. The van der Waals surface area contributed by atoms with Crippen LogP contribution in [-0.2, 0) is 11.8 Å². The number of amides is 1. The van der Waals surface area contributed by atoms with Crippen LogP contribution in [0.5, 0.6) is 0 Å². The molecule has 3 aromatic rings. The Hall–Kier alpha value is -2.97. The molecule has 1 aromatic carbocycles. The molecule has 1 aliphatic rings. The molecule has 4 rings (SSSR count). The maximum Gasteiger partial charge on any atom is 0.296 e. The summed E-state index contributed by atoms with van der Waals surface area (Å²) in [6, 6.07) is 11.3. The predicted molar refractivity (Wildman–Crippen MR) is 116 cm³/mol. The topological polar surface area (TPSA) is 59.3 Å². The van der Waals surface area contributed by atoms with Gasteiger partial charge < -0.3 is 5.32 Å². The molecular weight excluding hydrogens is 392 g/mol. The number of aryl methyl sites for hydroxylation is 1. The van der Waals surface area contributed by atoms with E-state index in [4.69, 9.17) is 12.2 Å². The fraction of sp³-hybridized carbons (Fsp3) is 0.150. The highest BCUT2D eigenvalue weighted by atomic mass is 32.1. The molecule has 0 saturated carbocycles. The van der Waals surface area contributed by atoms with Gasteiger partial charge in [-0.15, -0.1) is 11.3 Å². The van der Waals surface area contributed by atoms with E-state index in [1.807, 2.05) is 48.7 Å². The van der Waals surface area contributed by atoms with Gasteiger partial charge in [0, 0.05) is 11.9 Å². The molecule has 3 heterocycles. The Morgan fingerprint density at radius 1 is 1.11 bits per heavy atom. The van der Waals surface area contributed by atoms with Gasteiger partial charge in [0.2, 0.25) is 0 Å². The Kier molecular flexibility index (Phi) is 4.52. The van der Waals surface area contributed by atoms with Crippen LogP contribution in [-0.4, -0.2) is 20.4 Å². The lowest BCUT2D eigenvalue weighted by Gasteiger charge is -2.11. The lowest BCUT2D eigenvalue weighted by molar-refractivity contribution is -0.113. The van der Waals surface area contributed by atoms with Crippen molar-refractivity contribution in [2.75, 3.05) is 4.90 Å². The van der Waals surface area contributed by atoms with Crippen molar-refractivity contribution >= 4 is 46.3 Å². The summed E-state index contributed by atoms with van der Waals surface area (Å²) in [4.78, 5) is 28.6. The van der Waals surface area contributed by atoms with E-state index in [1.165, 1.54) is 9.58 Å². The number of benzene rings is 1. The Morgan fingerprint density at radius 3 is 2.46 bits per heavy atom. The summed E-state index contributed by atoms with van der Waals surface area (Å²) in [6.45, 7) is 3.79. The molecule has 2 aromatic heterocycles. The summed E-state index contributed by atoms with van der Waals surface area (Å²) in [5, 5.41) is 5.13. The van der Waals surface area contributed by atoms with Gasteiger partial charge in [-0.05, 0) is 61.3 Å². The number of anilines is 1. The zero-order valence-corrected chi connectivity index (χ0v) is 17.2. The SMILES string of the molecule is Cc1ccsc1C=C1NC(=S)N(c2c(C)n(C)n(-c3ccccc3)c2=O)C1=O.